The van der Waals surface area contributed by atoms with Crippen molar-refractivity contribution in [3.05, 3.63) is 15.8 Å². The van der Waals surface area contributed by atoms with Crippen molar-refractivity contribution in [1.82, 2.24) is 4.90 Å². The Morgan fingerprint density at radius 3 is 2.45 bits per heavy atom. The van der Waals surface area contributed by atoms with Gasteiger partial charge in [-0.1, -0.05) is 20.8 Å². The Bertz CT molecular complexity index is 780. The number of likely N-dealkylation sites (tertiary alicyclic amines) is 1. The molecular weight excluding hydrogens is 388 g/mol. The maximum atomic E-state index is 13.7. The maximum Gasteiger partial charge on any atom is 0.348 e. The molecule has 1 saturated heterocycles. The molecule has 0 radical (unpaired) electrons. The van der Waals surface area contributed by atoms with Crippen LogP contribution in [0.5, 0.6) is 0 Å². The molecule has 2 aliphatic rings. The molecule has 1 atom stereocenters. The molecular formula is C22H32N2O4S. The summed E-state index contributed by atoms with van der Waals surface area (Å²) in [5.41, 5.74) is 0.406. The fraction of sp³-hybridized carbons (Fsp3) is 0.682. The predicted octanol–water partition coefficient (Wildman–Crippen LogP) is 4.35. The molecule has 3 rings (SSSR count). The van der Waals surface area contributed by atoms with Gasteiger partial charge in [0, 0.05) is 24.4 Å². The minimum atomic E-state index is -1.04. The summed E-state index contributed by atoms with van der Waals surface area (Å²) in [5.74, 6) is -0.593. The van der Waals surface area contributed by atoms with Crippen molar-refractivity contribution in [2.75, 3.05) is 18.5 Å². The van der Waals surface area contributed by atoms with Crippen LogP contribution >= 0.6 is 11.3 Å². The van der Waals surface area contributed by atoms with Crippen molar-refractivity contribution >= 4 is 34.8 Å². The van der Waals surface area contributed by atoms with E-state index in [1.807, 2.05) is 19.9 Å². The second-order valence-corrected chi connectivity index (χ2v) is 9.99. The van der Waals surface area contributed by atoms with Crippen molar-refractivity contribution in [1.29, 1.82) is 0 Å². The third-order valence-electron chi connectivity index (χ3n) is 6.30. The molecule has 1 aliphatic heterocycles. The molecule has 1 aliphatic carbocycles. The van der Waals surface area contributed by atoms with E-state index in [-0.39, 0.29) is 28.5 Å². The molecule has 0 aromatic carbocycles. The van der Waals surface area contributed by atoms with Crippen LogP contribution in [0, 0.1) is 11.8 Å². The van der Waals surface area contributed by atoms with Crippen LogP contribution in [0.25, 0.3) is 0 Å². The Morgan fingerprint density at radius 2 is 1.86 bits per heavy atom. The molecule has 6 nitrogen and oxygen atoms in total. The second-order valence-electron chi connectivity index (χ2n) is 8.91. The van der Waals surface area contributed by atoms with Gasteiger partial charge in [0.2, 0.25) is 11.8 Å². The molecule has 2 amide bonds. The molecule has 0 spiro atoms. The van der Waals surface area contributed by atoms with Gasteiger partial charge in [0.15, 0.2) is 0 Å². The number of piperidine rings is 1. The summed E-state index contributed by atoms with van der Waals surface area (Å²) in [6.07, 6.45) is 4.98. The normalized spacial score (nSPS) is 25.3. The average Bonchev–Trinajstić information content (AvgIpc) is 3.11. The summed E-state index contributed by atoms with van der Waals surface area (Å²) in [4.78, 5) is 43.0. The topological polar surface area (TPSA) is 77.9 Å². The zero-order valence-corrected chi connectivity index (χ0v) is 18.6. The summed E-state index contributed by atoms with van der Waals surface area (Å²) in [6.45, 7) is 6.89. The van der Waals surface area contributed by atoms with Crippen LogP contribution in [0.15, 0.2) is 6.07 Å². The fourth-order valence-electron chi connectivity index (χ4n) is 4.41. The lowest BCUT2D eigenvalue weighted by Gasteiger charge is -2.39. The number of nitrogens with zero attached hydrogens (tertiary/aromatic N) is 2. The van der Waals surface area contributed by atoms with Gasteiger partial charge in [-0.05, 0) is 56.4 Å². The predicted molar refractivity (Wildman–Crippen MR) is 115 cm³/mol. The van der Waals surface area contributed by atoms with Gasteiger partial charge in [0.05, 0.1) is 5.69 Å². The van der Waals surface area contributed by atoms with Gasteiger partial charge in [-0.25, -0.2) is 4.79 Å². The van der Waals surface area contributed by atoms with E-state index < -0.39 is 12.0 Å². The van der Waals surface area contributed by atoms with E-state index in [0.29, 0.717) is 24.6 Å². The van der Waals surface area contributed by atoms with E-state index in [9.17, 15) is 19.5 Å². The minimum absolute atomic E-state index is 0.0823. The van der Waals surface area contributed by atoms with Gasteiger partial charge in [-0.3, -0.25) is 14.5 Å². The first kappa shape index (κ1) is 21.8. The van der Waals surface area contributed by atoms with Gasteiger partial charge in [-0.15, -0.1) is 11.3 Å². The summed E-state index contributed by atoms with van der Waals surface area (Å²) in [7, 11) is 1.75. The highest BCUT2D eigenvalue weighted by Crippen LogP contribution is 2.39. The molecule has 1 saturated carbocycles. The summed E-state index contributed by atoms with van der Waals surface area (Å²) in [5, 5.41) is 9.83. The average molecular weight is 421 g/mol. The van der Waals surface area contributed by atoms with Crippen molar-refractivity contribution in [2.45, 2.75) is 71.3 Å². The van der Waals surface area contributed by atoms with Crippen LogP contribution in [0.2, 0.25) is 0 Å². The highest BCUT2D eigenvalue weighted by Gasteiger charge is 2.40. The molecule has 160 valence electrons. The van der Waals surface area contributed by atoms with Gasteiger partial charge in [-0.2, -0.15) is 0 Å². The van der Waals surface area contributed by atoms with Gasteiger partial charge in [0.25, 0.3) is 0 Å². The smallest absolute Gasteiger partial charge is 0.348 e. The third kappa shape index (κ3) is 4.49. The number of likely N-dealkylation sites (N-methyl/N-ethyl adjacent to an activating group) is 1. The van der Waals surface area contributed by atoms with Crippen molar-refractivity contribution < 1.29 is 19.5 Å². The van der Waals surface area contributed by atoms with Gasteiger partial charge < -0.3 is 10.0 Å². The highest BCUT2D eigenvalue weighted by atomic mass is 32.1. The SMILES string of the molecule is CC1CCC(C(=O)N(c2cc(C(C)C)sc2C(=O)O)[C@H]2CCCN(C)C2=O)CC1. The molecule has 2 fully saturated rings. The largest absolute Gasteiger partial charge is 0.477 e. The number of carbonyl (C=O) groups is 3. The van der Waals surface area contributed by atoms with Gasteiger partial charge >= 0.3 is 5.97 Å². The highest BCUT2D eigenvalue weighted by molar-refractivity contribution is 7.14. The van der Waals surface area contributed by atoms with Crippen LogP contribution in [-0.4, -0.2) is 47.4 Å². The number of rotatable bonds is 5. The molecule has 7 heteroatoms. The number of amides is 2. The zero-order chi connectivity index (χ0) is 21.3. The molecule has 1 aromatic rings. The lowest BCUT2D eigenvalue weighted by atomic mass is 9.82. The number of carboxylic acids is 1. The quantitative estimate of drug-likeness (QED) is 0.768. The number of aromatic carboxylic acids is 1. The molecule has 1 aromatic heterocycles. The lowest BCUT2D eigenvalue weighted by molar-refractivity contribution is -0.136. The number of thiophene rings is 1. The second kappa shape index (κ2) is 8.86. The van der Waals surface area contributed by atoms with E-state index in [1.165, 1.54) is 11.3 Å². The Hall–Kier alpha value is -1.89. The van der Waals surface area contributed by atoms with Crippen molar-refractivity contribution in [3.8, 4) is 0 Å². The summed E-state index contributed by atoms with van der Waals surface area (Å²) in [6, 6.07) is 1.21. The summed E-state index contributed by atoms with van der Waals surface area (Å²) < 4.78 is 0. The van der Waals surface area contributed by atoms with Crippen LogP contribution in [0.4, 0.5) is 5.69 Å². The molecule has 29 heavy (non-hydrogen) atoms. The van der Waals surface area contributed by atoms with Crippen molar-refractivity contribution in [3.63, 3.8) is 0 Å². The lowest BCUT2D eigenvalue weighted by Crippen LogP contribution is -2.55. The number of hydrogen-bond acceptors (Lipinski definition) is 4. The Kier molecular flexibility index (Phi) is 6.66. The van der Waals surface area contributed by atoms with Crippen molar-refractivity contribution in [2.24, 2.45) is 11.8 Å². The summed E-state index contributed by atoms with van der Waals surface area (Å²) >= 11 is 1.22. The first-order chi connectivity index (χ1) is 13.7. The van der Waals surface area contributed by atoms with E-state index in [4.69, 9.17) is 0 Å². The Balaban J connectivity index is 2.04. The Labute approximate surface area is 176 Å². The zero-order valence-electron chi connectivity index (χ0n) is 17.8. The number of carboxylic acid groups (broad SMARTS) is 1. The van der Waals surface area contributed by atoms with Crippen LogP contribution in [-0.2, 0) is 9.59 Å². The van der Waals surface area contributed by atoms with Gasteiger partial charge in [0.1, 0.15) is 10.9 Å². The number of carbonyl (C=O) groups excluding carboxylic acids is 2. The fourth-order valence-corrected chi connectivity index (χ4v) is 5.40. The molecule has 0 unspecified atom stereocenters. The number of anilines is 1. The Morgan fingerprint density at radius 1 is 1.21 bits per heavy atom. The molecule has 1 N–H and O–H groups in total. The number of hydrogen-bond donors (Lipinski definition) is 1. The van der Waals surface area contributed by atoms with Crippen LogP contribution in [0.3, 0.4) is 0 Å². The van der Waals surface area contributed by atoms with Crippen LogP contribution < -0.4 is 4.90 Å². The third-order valence-corrected chi connectivity index (χ3v) is 7.71. The van der Waals surface area contributed by atoms with E-state index in [1.54, 1.807) is 16.8 Å². The minimum Gasteiger partial charge on any atom is -0.477 e. The standard InChI is InChI=1S/C22H32N2O4S/c1-13(2)18-12-17(19(29-18)22(27)28)24(16-6-5-11-23(4)21(16)26)20(25)15-9-7-14(3)8-10-15/h12-16H,5-11H2,1-4H3,(H,27,28)/t14?,15?,16-/m0/s1. The monoisotopic (exact) mass is 420 g/mol. The van der Waals surface area contributed by atoms with E-state index >= 15 is 0 Å². The maximum absolute atomic E-state index is 13.7. The first-order valence-corrected chi connectivity index (χ1v) is 11.5. The van der Waals surface area contributed by atoms with Crippen LogP contribution in [0.1, 0.15) is 79.8 Å². The first-order valence-electron chi connectivity index (χ1n) is 10.7. The van der Waals surface area contributed by atoms with E-state index in [0.717, 1.165) is 37.0 Å². The molecule has 2 heterocycles. The molecule has 0 bridgehead atoms. The van der Waals surface area contributed by atoms with E-state index in [2.05, 4.69) is 6.92 Å².